The van der Waals surface area contributed by atoms with E-state index < -0.39 is 5.97 Å². The molecule has 0 atom stereocenters. The van der Waals surface area contributed by atoms with Crippen molar-refractivity contribution in [1.82, 2.24) is 5.32 Å². The lowest BCUT2D eigenvalue weighted by Gasteiger charge is -2.23. The Labute approximate surface area is 122 Å². The zero-order valence-corrected chi connectivity index (χ0v) is 11.5. The lowest BCUT2D eigenvalue weighted by atomic mass is 10.1. The number of hydrogen-bond acceptors (Lipinski definition) is 5. The highest BCUT2D eigenvalue weighted by Gasteiger charge is 2.17. The van der Waals surface area contributed by atoms with Crippen molar-refractivity contribution in [1.29, 1.82) is 0 Å². The van der Waals surface area contributed by atoms with E-state index in [0.717, 1.165) is 12.8 Å². The second-order valence-electron chi connectivity index (χ2n) is 4.80. The quantitative estimate of drug-likeness (QED) is 0.687. The molecule has 7 heteroatoms. The molecule has 0 aliphatic carbocycles. The van der Waals surface area contributed by atoms with Crippen LogP contribution in [0, 0.1) is 0 Å². The van der Waals surface area contributed by atoms with Crippen molar-refractivity contribution in [2.45, 2.75) is 18.9 Å². The highest BCUT2D eigenvalue weighted by molar-refractivity contribution is 5.92. The number of nitrogen functional groups attached to an aromatic ring is 1. The first-order valence-electron chi connectivity index (χ1n) is 6.69. The number of anilines is 1. The van der Waals surface area contributed by atoms with Crippen LogP contribution >= 0.6 is 0 Å². The molecule has 4 N–H and O–H groups in total. The van der Waals surface area contributed by atoms with Crippen LogP contribution in [0.4, 0.5) is 5.69 Å². The first-order valence-corrected chi connectivity index (χ1v) is 6.69. The third kappa shape index (κ3) is 4.35. The molecule has 21 heavy (non-hydrogen) atoms. The van der Waals surface area contributed by atoms with E-state index in [9.17, 15) is 9.59 Å². The summed E-state index contributed by atoms with van der Waals surface area (Å²) in [4.78, 5) is 22.9. The molecule has 0 saturated carbocycles. The third-order valence-electron chi connectivity index (χ3n) is 3.18. The number of carboxylic acid groups (broad SMARTS) is 1. The third-order valence-corrected chi connectivity index (χ3v) is 3.18. The molecule has 114 valence electrons. The van der Waals surface area contributed by atoms with Crippen molar-refractivity contribution in [2.75, 3.05) is 25.6 Å². The van der Waals surface area contributed by atoms with Crippen LogP contribution in [0.2, 0.25) is 0 Å². The molecular formula is C14H18N2O5. The van der Waals surface area contributed by atoms with Crippen molar-refractivity contribution in [3.63, 3.8) is 0 Å². The summed E-state index contributed by atoms with van der Waals surface area (Å²) in [6.07, 6.45) is 1.54. The summed E-state index contributed by atoms with van der Waals surface area (Å²) in [5, 5.41) is 11.9. The van der Waals surface area contributed by atoms with E-state index in [0.29, 0.717) is 18.9 Å². The Morgan fingerprint density at radius 3 is 2.76 bits per heavy atom. The second kappa shape index (κ2) is 6.94. The SMILES string of the molecule is Nc1ccc(OCC(=O)NC2CCOCC2)c(C(=O)O)c1. The van der Waals surface area contributed by atoms with Gasteiger partial charge in [0.25, 0.3) is 5.91 Å². The number of ether oxygens (including phenoxy) is 2. The molecule has 1 aromatic carbocycles. The Kier molecular flexibility index (Phi) is 4.99. The van der Waals surface area contributed by atoms with Crippen molar-refractivity contribution in [3.8, 4) is 5.75 Å². The topological polar surface area (TPSA) is 111 Å². The van der Waals surface area contributed by atoms with Gasteiger partial charge in [0.05, 0.1) is 0 Å². The first-order chi connectivity index (χ1) is 10.1. The van der Waals surface area contributed by atoms with E-state index in [2.05, 4.69) is 5.32 Å². The predicted octanol–water partition coefficient (Wildman–Crippen LogP) is 0.641. The number of aromatic carboxylic acids is 1. The summed E-state index contributed by atoms with van der Waals surface area (Å²) in [5.41, 5.74) is 5.80. The molecule has 0 unspecified atom stereocenters. The van der Waals surface area contributed by atoms with Gasteiger partial charge in [-0.05, 0) is 31.0 Å². The summed E-state index contributed by atoms with van der Waals surface area (Å²) < 4.78 is 10.5. The van der Waals surface area contributed by atoms with Gasteiger partial charge in [0.15, 0.2) is 6.61 Å². The Balaban J connectivity index is 1.90. The number of amides is 1. The van der Waals surface area contributed by atoms with Gasteiger partial charge < -0.3 is 25.6 Å². The van der Waals surface area contributed by atoms with Crippen LogP contribution in [0.25, 0.3) is 0 Å². The molecule has 0 radical (unpaired) electrons. The average Bonchev–Trinajstić information content (AvgIpc) is 2.47. The number of carboxylic acids is 1. The number of rotatable bonds is 5. The van der Waals surface area contributed by atoms with Gasteiger partial charge in [0, 0.05) is 24.9 Å². The van der Waals surface area contributed by atoms with E-state index in [1.165, 1.54) is 18.2 Å². The highest BCUT2D eigenvalue weighted by Crippen LogP contribution is 2.21. The predicted molar refractivity (Wildman–Crippen MR) is 75.3 cm³/mol. The first kappa shape index (κ1) is 15.1. The standard InChI is InChI=1S/C14H18N2O5/c15-9-1-2-12(11(7-9)14(18)19)21-8-13(17)16-10-3-5-20-6-4-10/h1-2,7,10H,3-6,8,15H2,(H,16,17)(H,18,19). The van der Waals surface area contributed by atoms with Crippen molar-refractivity contribution >= 4 is 17.6 Å². The molecule has 1 fully saturated rings. The number of carbonyl (C=O) groups excluding carboxylic acids is 1. The van der Waals surface area contributed by atoms with Gasteiger partial charge in [-0.1, -0.05) is 0 Å². The Bertz CT molecular complexity index is 526. The van der Waals surface area contributed by atoms with Crippen LogP contribution in [-0.2, 0) is 9.53 Å². The largest absolute Gasteiger partial charge is 0.483 e. The Morgan fingerprint density at radius 1 is 1.38 bits per heavy atom. The summed E-state index contributed by atoms with van der Waals surface area (Å²) >= 11 is 0. The maximum Gasteiger partial charge on any atom is 0.339 e. The minimum Gasteiger partial charge on any atom is -0.483 e. The van der Waals surface area contributed by atoms with Crippen LogP contribution in [0.1, 0.15) is 23.2 Å². The second-order valence-corrected chi connectivity index (χ2v) is 4.80. The maximum atomic E-state index is 11.8. The number of benzene rings is 1. The van der Waals surface area contributed by atoms with E-state index >= 15 is 0 Å². The molecule has 2 rings (SSSR count). The molecule has 1 saturated heterocycles. The van der Waals surface area contributed by atoms with Crippen LogP contribution < -0.4 is 15.8 Å². The normalized spacial score (nSPS) is 15.4. The highest BCUT2D eigenvalue weighted by atomic mass is 16.5. The van der Waals surface area contributed by atoms with Gasteiger partial charge in [-0.25, -0.2) is 4.79 Å². The van der Waals surface area contributed by atoms with Gasteiger partial charge in [0.1, 0.15) is 11.3 Å². The molecule has 1 aliphatic rings. The molecular weight excluding hydrogens is 276 g/mol. The van der Waals surface area contributed by atoms with Crippen LogP contribution in [-0.4, -0.2) is 42.8 Å². The fourth-order valence-corrected chi connectivity index (χ4v) is 2.10. The van der Waals surface area contributed by atoms with E-state index in [4.69, 9.17) is 20.3 Å². The van der Waals surface area contributed by atoms with Gasteiger partial charge in [-0.2, -0.15) is 0 Å². The van der Waals surface area contributed by atoms with Gasteiger partial charge in [-0.15, -0.1) is 0 Å². The molecule has 1 aromatic rings. The lowest BCUT2D eigenvalue weighted by Crippen LogP contribution is -2.41. The molecule has 1 aliphatic heterocycles. The number of hydrogen-bond donors (Lipinski definition) is 3. The molecule has 7 nitrogen and oxygen atoms in total. The van der Waals surface area contributed by atoms with E-state index in [-0.39, 0.29) is 29.9 Å². The van der Waals surface area contributed by atoms with E-state index in [1.54, 1.807) is 0 Å². The number of nitrogens with two attached hydrogens (primary N) is 1. The zero-order valence-electron chi connectivity index (χ0n) is 11.5. The van der Waals surface area contributed by atoms with Gasteiger partial charge in [0.2, 0.25) is 0 Å². The Hall–Kier alpha value is -2.28. The van der Waals surface area contributed by atoms with Crippen LogP contribution in [0.15, 0.2) is 18.2 Å². The van der Waals surface area contributed by atoms with Crippen molar-refractivity contribution < 1.29 is 24.2 Å². The summed E-state index contributed by atoms with van der Waals surface area (Å²) in [7, 11) is 0. The molecule has 0 bridgehead atoms. The monoisotopic (exact) mass is 294 g/mol. The zero-order chi connectivity index (χ0) is 15.2. The summed E-state index contributed by atoms with van der Waals surface area (Å²) in [5.74, 6) is -1.31. The van der Waals surface area contributed by atoms with Crippen LogP contribution in [0.5, 0.6) is 5.75 Å². The molecule has 1 heterocycles. The minimum absolute atomic E-state index is 0.0612. The van der Waals surface area contributed by atoms with E-state index in [1.807, 2.05) is 0 Å². The van der Waals surface area contributed by atoms with Crippen LogP contribution in [0.3, 0.4) is 0 Å². The summed E-state index contributed by atoms with van der Waals surface area (Å²) in [6, 6.07) is 4.35. The minimum atomic E-state index is -1.15. The lowest BCUT2D eigenvalue weighted by molar-refractivity contribution is -0.124. The number of nitrogens with one attached hydrogen (secondary N) is 1. The smallest absolute Gasteiger partial charge is 0.339 e. The molecule has 0 aromatic heterocycles. The maximum absolute atomic E-state index is 11.8. The van der Waals surface area contributed by atoms with Crippen molar-refractivity contribution in [2.24, 2.45) is 0 Å². The fraction of sp³-hybridized carbons (Fsp3) is 0.429. The van der Waals surface area contributed by atoms with Gasteiger partial charge >= 0.3 is 5.97 Å². The number of carbonyl (C=O) groups is 2. The average molecular weight is 294 g/mol. The molecule has 0 spiro atoms. The summed E-state index contributed by atoms with van der Waals surface area (Å²) in [6.45, 7) is 1.03. The molecule has 1 amide bonds. The van der Waals surface area contributed by atoms with Gasteiger partial charge in [-0.3, -0.25) is 4.79 Å². The Morgan fingerprint density at radius 2 is 2.10 bits per heavy atom. The fourth-order valence-electron chi connectivity index (χ4n) is 2.10. The van der Waals surface area contributed by atoms with Crippen molar-refractivity contribution in [3.05, 3.63) is 23.8 Å².